The molecule has 7 nitrogen and oxygen atoms in total. The Morgan fingerprint density at radius 1 is 1.27 bits per heavy atom. The predicted octanol–water partition coefficient (Wildman–Crippen LogP) is 2.14. The Morgan fingerprint density at radius 2 is 2.14 bits per heavy atom. The van der Waals surface area contributed by atoms with Crippen molar-refractivity contribution in [3.8, 4) is 0 Å². The fourth-order valence-corrected chi connectivity index (χ4v) is 3.11. The van der Waals surface area contributed by atoms with Gasteiger partial charge in [0.25, 0.3) is 0 Å². The standard InChI is InChI=1S/C15H16N4O3/c20-15-18-8-12(6-7-13(18)14-16-10-21-17-14)19(15)22-9-11-4-2-1-3-5-11/h1-5,10,12-13H,6-9H2/t12-,13+/m1/s1. The van der Waals surface area contributed by atoms with E-state index in [1.807, 2.05) is 30.3 Å². The summed E-state index contributed by atoms with van der Waals surface area (Å²) >= 11 is 0. The van der Waals surface area contributed by atoms with E-state index in [-0.39, 0.29) is 18.1 Å². The van der Waals surface area contributed by atoms with Gasteiger partial charge in [0.2, 0.25) is 6.39 Å². The molecule has 0 radical (unpaired) electrons. The van der Waals surface area contributed by atoms with Gasteiger partial charge in [0.1, 0.15) is 6.61 Å². The molecule has 114 valence electrons. The Hall–Kier alpha value is -2.41. The van der Waals surface area contributed by atoms with Crippen LogP contribution in [0.1, 0.15) is 30.3 Å². The molecule has 1 aromatic carbocycles. The maximum atomic E-state index is 12.6. The van der Waals surface area contributed by atoms with Gasteiger partial charge in [-0.3, -0.25) is 4.84 Å². The number of hydrogen-bond donors (Lipinski definition) is 0. The first-order valence-electron chi connectivity index (χ1n) is 7.36. The van der Waals surface area contributed by atoms with Gasteiger partial charge >= 0.3 is 6.03 Å². The third-order valence-corrected chi connectivity index (χ3v) is 4.21. The van der Waals surface area contributed by atoms with E-state index in [0.29, 0.717) is 19.0 Å². The first-order valence-corrected chi connectivity index (χ1v) is 7.36. The summed E-state index contributed by atoms with van der Waals surface area (Å²) in [6, 6.07) is 9.70. The van der Waals surface area contributed by atoms with Crippen LogP contribution in [0.25, 0.3) is 0 Å². The smallest absolute Gasteiger partial charge is 0.343 e. The van der Waals surface area contributed by atoms with Gasteiger partial charge in [-0.15, -0.1) is 0 Å². The largest absolute Gasteiger partial charge is 0.344 e. The van der Waals surface area contributed by atoms with E-state index in [9.17, 15) is 4.79 Å². The summed E-state index contributed by atoms with van der Waals surface area (Å²) in [5.41, 5.74) is 1.04. The summed E-state index contributed by atoms with van der Waals surface area (Å²) < 4.78 is 4.80. The number of carbonyl (C=O) groups excluding carboxylic acids is 1. The quantitative estimate of drug-likeness (QED) is 0.865. The molecule has 2 fully saturated rings. The van der Waals surface area contributed by atoms with E-state index in [4.69, 9.17) is 9.36 Å². The number of piperidine rings is 1. The SMILES string of the molecule is O=C1N2C[C@@H](CC[C@H]2c2ncon2)N1OCc1ccccc1. The second kappa shape index (κ2) is 5.42. The summed E-state index contributed by atoms with van der Waals surface area (Å²) in [5.74, 6) is 0.566. The number of hydrogen-bond acceptors (Lipinski definition) is 5. The van der Waals surface area contributed by atoms with Crippen molar-refractivity contribution < 1.29 is 14.2 Å². The van der Waals surface area contributed by atoms with Crippen molar-refractivity contribution in [2.24, 2.45) is 0 Å². The van der Waals surface area contributed by atoms with Crippen LogP contribution in [0.5, 0.6) is 0 Å². The summed E-state index contributed by atoms with van der Waals surface area (Å²) in [7, 11) is 0. The fraction of sp³-hybridized carbons (Fsp3) is 0.400. The third-order valence-electron chi connectivity index (χ3n) is 4.21. The molecule has 2 bridgehead atoms. The molecule has 2 saturated heterocycles. The minimum Gasteiger partial charge on any atom is -0.343 e. The molecule has 22 heavy (non-hydrogen) atoms. The lowest BCUT2D eigenvalue weighted by Gasteiger charge is -2.27. The van der Waals surface area contributed by atoms with Gasteiger partial charge < -0.3 is 9.42 Å². The van der Waals surface area contributed by atoms with E-state index in [2.05, 4.69) is 10.1 Å². The number of urea groups is 1. The Balaban J connectivity index is 1.46. The molecule has 2 aliphatic heterocycles. The number of fused-ring (bicyclic) bond motifs is 2. The first-order chi connectivity index (χ1) is 10.8. The second-order valence-corrected chi connectivity index (χ2v) is 5.56. The lowest BCUT2D eigenvalue weighted by Crippen LogP contribution is -2.34. The number of amides is 2. The number of carbonyl (C=O) groups is 1. The van der Waals surface area contributed by atoms with Crippen LogP contribution >= 0.6 is 0 Å². The van der Waals surface area contributed by atoms with Crippen LogP contribution in [0, 0.1) is 0 Å². The lowest BCUT2D eigenvalue weighted by molar-refractivity contribution is -0.140. The van der Waals surface area contributed by atoms with Crippen molar-refractivity contribution in [1.29, 1.82) is 0 Å². The van der Waals surface area contributed by atoms with Gasteiger partial charge in [0, 0.05) is 6.54 Å². The molecule has 0 saturated carbocycles. The third kappa shape index (κ3) is 2.23. The molecule has 7 heteroatoms. The zero-order chi connectivity index (χ0) is 14.9. The number of hydroxylamine groups is 2. The van der Waals surface area contributed by atoms with Gasteiger partial charge in [-0.1, -0.05) is 35.5 Å². The molecular formula is C15H16N4O3. The van der Waals surface area contributed by atoms with Crippen LogP contribution in [0.2, 0.25) is 0 Å². The Morgan fingerprint density at radius 3 is 2.91 bits per heavy atom. The molecule has 2 aliphatic rings. The monoisotopic (exact) mass is 300 g/mol. The summed E-state index contributed by atoms with van der Waals surface area (Å²) in [6.45, 7) is 1.04. The highest BCUT2D eigenvalue weighted by molar-refractivity contribution is 5.77. The Kier molecular flexibility index (Phi) is 3.27. The number of rotatable bonds is 4. The van der Waals surface area contributed by atoms with E-state index < -0.39 is 0 Å². The van der Waals surface area contributed by atoms with E-state index in [1.165, 1.54) is 11.5 Å². The van der Waals surface area contributed by atoms with Crippen LogP contribution < -0.4 is 0 Å². The van der Waals surface area contributed by atoms with Crippen molar-refractivity contribution in [3.05, 3.63) is 48.1 Å². The highest BCUT2D eigenvalue weighted by Crippen LogP contribution is 2.37. The number of nitrogens with zero attached hydrogens (tertiary/aromatic N) is 4. The van der Waals surface area contributed by atoms with Gasteiger partial charge in [0.05, 0.1) is 12.1 Å². The van der Waals surface area contributed by atoms with Crippen molar-refractivity contribution in [2.75, 3.05) is 6.54 Å². The van der Waals surface area contributed by atoms with E-state index in [1.54, 1.807) is 4.90 Å². The summed E-state index contributed by atoms with van der Waals surface area (Å²) in [5, 5.41) is 5.38. The second-order valence-electron chi connectivity index (χ2n) is 5.56. The summed E-state index contributed by atoms with van der Waals surface area (Å²) in [4.78, 5) is 24.2. The minimum atomic E-state index is -0.118. The van der Waals surface area contributed by atoms with Crippen molar-refractivity contribution in [3.63, 3.8) is 0 Å². The number of aromatic nitrogens is 2. The number of benzene rings is 1. The van der Waals surface area contributed by atoms with Crippen LogP contribution in [0.15, 0.2) is 41.2 Å². The van der Waals surface area contributed by atoms with E-state index in [0.717, 1.165) is 18.4 Å². The molecule has 2 aromatic rings. The molecule has 3 heterocycles. The van der Waals surface area contributed by atoms with Crippen LogP contribution in [0.3, 0.4) is 0 Å². The molecule has 4 rings (SSSR count). The zero-order valence-corrected chi connectivity index (χ0v) is 12.0. The van der Waals surface area contributed by atoms with Crippen molar-refractivity contribution in [1.82, 2.24) is 20.1 Å². The molecule has 0 N–H and O–H groups in total. The van der Waals surface area contributed by atoms with Gasteiger partial charge in [-0.25, -0.2) is 4.79 Å². The predicted molar refractivity (Wildman–Crippen MR) is 75.2 cm³/mol. The molecular weight excluding hydrogens is 284 g/mol. The molecule has 0 unspecified atom stereocenters. The average molecular weight is 300 g/mol. The summed E-state index contributed by atoms with van der Waals surface area (Å²) in [6.07, 6.45) is 2.99. The van der Waals surface area contributed by atoms with Crippen LogP contribution in [-0.4, -0.2) is 38.7 Å². The molecule has 0 aliphatic carbocycles. The molecule has 0 spiro atoms. The minimum absolute atomic E-state index is 0.0966. The average Bonchev–Trinajstić information content (AvgIpc) is 3.17. The maximum absolute atomic E-state index is 12.6. The molecule has 2 amide bonds. The fourth-order valence-electron chi connectivity index (χ4n) is 3.11. The van der Waals surface area contributed by atoms with Crippen LogP contribution in [-0.2, 0) is 11.4 Å². The normalized spacial score (nSPS) is 24.1. The van der Waals surface area contributed by atoms with Crippen molar-refractivity contribution in [2.45, 2.75) is 31.5 Å². The van der Waals surface area contributed by atoms with Crippen molar-refractivity contribution >= 4 is 6.03 Å². The topological polar surface area (TPSA) is 71.7 Å². The highest BCUT2D eigenvalue weighted by atomic mass is 16.7. The lowest BCUT2D eigenvalue weighted by atomic mass is 10.0. The molecule has 1 aromatic heterocycles. The van der Waals surface area contributed by atoms with E-state index >= 15 is 0 Å². The van der Waals surface area contributed by atoms with Crippen LogP contribution in [0.4, 0.5) is 4.79 Å². The Labute approximate surface area is 127 Å². The van der Waals surface area contributed by atoms with Gasteiger partial charge in [-0.05, 0) is 18.4 Å². The first kappa shape index (κ1) is 13.3. The Bertz CT molecular complexity index is 646. The maximum Gasteiger partial charge on any atom is 0.344 e. The highest BCUT2D eigenvalue weighted by Gasteiger charge is 2.47. The van der Waals surface area contributed by atoms with Gasteiger partial charge in [-0.2, -0.15) is 10.0 Å². The zero-order valence-electron chi connectivity index (χ0n) is 12.0. The molecule has 2 atom stereocenters. The van der Waals surface area contributed by atoms with Gasteiger partial charge in [0.15, 0.2) is 5.82 Å².